The highest BCUT2D eigenvalue weighted by Crippen LogP contribution is 2.35. The quantitative estimate of drug-likeness (QED) is 0.838. The second kappa shape index (κ2) is 4.93. The normalized spacial score (nSPS) is 13.3. The Kier molecular flexibility index (Phi) is 4.00. The van der Waals surface area contributed by atoms with Crippen molar-refractivity contribution in [2.24, 2.45) is 5.73 Å². The van der Waals surface area contributed by atoms with Gasteiger partial charge in [0.2, 0.25) is 0 Å². The predicted molar refractivity (Wildman–Crippen MR) is 55.4 cm³/mol. The van der Waals surface area contributed by atoms with Crippen molar-refractivity contribution in [1.82, 2.24) is 0 Å². The van der Waals surface area contributed by atoms with Gasteiger partial charge in [0.25, 0.3) is 0 Å². The molecule has 0 saturated heterocycles. The molecule has 2 N–H and O–H groups in total. The molecule has 0 aliphatic carbocycles. The molecule has 0 radical (unpaired) electrons. The Bertz CT molecular complexity index is 434. The fraction of sp³-hybridized carbons (Fsp3) is 0.300. The molecule has 1 atom stereocenters. The van der Waals surface area contributed by atoms with E-state index in [0.29, 0.717) is 0 Å². The van der Waals surface area contributed by atoms with E-state index in [9.17, 15) is 18.0 Å². The lowest BCUT2D eigenvalue weighted by molar-refractivity contribution is -0.142. The van der Waals surface area contributed by atoms with E-state index >= 15 is 0 Å². The van der Waals surface area contributed by atoms with Crippen molar-refractivity contribution < 1.29 is 22.7 Å². The SMILES string of the molecule is COC(=O)C(N)c1ccc(C(F)(F)F)c(Cl)c1. The van der Waals surface area contributed by atoms with Gasteiger partial charge in [-0.25, -0.2) is 0 Å². The number of alkyl halides is 3. The molecule has 1 unspecified atom stereocenters. The zero-order chi connectivity index (χ0) is 13.2. The number of hydrogen-bond donors (Lipinski definition) is 1. The van der Waals surface area contributed by atoms with Crippen molar-refractivity contribution in [3.05, 3.63) is 34.3 Å². The van der Waals surface area contributed by atoms with Crippen LogP contribution in [0.4, 0.5) is 13.2 Å². The number of hydrogen-bond acceptors (Lipinski definition) is 3. The molecule has 0 amide bonds. The molecule has 0 aliphatic rings. The zero-order valence-electron chi connectivity index (χ0n) is 8.72. The molecular formula is C10H9ClF3NO2. The standard InChI is InChI=1S/C10H9ClF3NO2/c1-17-9(16)8(15)5-2-3-6(7(11)4-5)10(12,13)14/h2-4,8H,15H2,1H3. The molecule has 1 aromatic rings. The molecule has 1 aromatic carbocycles. The molecule has 0 aliphatic heterocycles. The maximum Gasteiger partial charge on any atom is 0.417 e. The van der Waals surface area contributed by atoms with Gasteiger partial charge < -0.3 is 10.5 Å². The molecule has 94 valence electrons. The van der Waals surface area contributed by atoms with Gasteiger partial charge in [0.1, 0.15) is 6.04 Å². The maximum atomic E-state index is 12.4. The molecule has 0 spiro atoms. The summed E-state index contributed by atoms with van der Waals surface area (Å²) in [7, 11) is 1.13. The summed E-state index contributed by atoms with van der Waals surface area (Å²) >= 11 is 5.48. The molecule has 0 fully saturated rings. The second-order valence-corrected chi connectivity index (χ2v) is 3.65. The van der Waals surface area contributed by atoms with E-state index in [2.05, 4.69) is 4.74 Å². The summed E-state index contributed by atoms with van der Waals surface area (Å²) in [4.78, 5) is 11.1. The van der Waals surface area contributed by atoms with Gasteiger partial charge in [0.15, 0.2) is 0 Å². The van der Waals surface area contributed by atoms with Crippen LogP contribution in [0.2, 0.25) is 5.02 Å². The highest BCUT2D eigenvalue weighted by atomic mass is 35.5. The third-order valence-electron chi connectivity index (χ3n) is 2.11. The van der Waals surface area contributed by atoms with Crippen molar-refractivity contribution >= 4 is 17.6 Å². The minimum absolute atomic E-state index is 0.162. The number of carbonyl (C=O) groups excluding carboxylic acids is 1. The molecule has 1 rings (SSSR count). The van der Waals surface area contributed by atoms with Crippen LogP contribution in [0.1, 0.15) is 17.2 Å². The lowest BCUT2D eigenvalue weighted by Crippen LogP contribution is -2.22. The summed E-state index contributed by atoms with van der Waals surface area (Å²) in [5.74, 6) is -0.749. The van der Waals surface area contributed by atoms with E-state index in [1.165, 1.54) is 0 Å². The molecule has 7 heteroatoms. The Labute approximate surface area is 100 Å². The van der Waals surface area contributed by atoms with Crippen LogP contribution in [0.3, 0.4) is 0 Å². The third kappa shape index (κ3) is 3.10. The summed E-state index contributed by atoms with van der Waals surface area (Å²) < 4.78 is 41.6. The number of esters is 1. The first-order valence-electron chi connectivity index (χ1n) is 4.47. The van der Waals surface area contributed by atoms with Gasteiger partial charge in [-0.05, 0) is 17.7 Å². The van der Waals surface area contributed by atoms with Crippen LogP contribution in [0.25, 0.3) is 0 Å². The second-order valence-electron chi connectivity index (χ2n) is 3.24. The molecule has 0 heterocycles. The van der Waals surface area contributed by atoms with E-state index in [1.807, 2.05) is 0 Å². The van der Waals surface area contributed by atoms with Gasteiger partial charge in [-0.1, -0.05) is 17.7 Å². The summed E-state index contributed by atoms with van der Waals surface area (Å²) in [5.41, 5.74) is 4.65. The van der Waals surface area contributed by atoms with Gasteiger partial charge in [-0.15, -0.1) is 0 Å². The number of halogens is 4. The highest BCUT2D eigenvalue weighted by molar-refractivity contribution is 6.31. The van der Waals surface area contributed by atoms with Crippen LogP contribution in [0.5, 0.6) is 0 Å². The summed E-state index contributed by atoms with van der Waals surface area (Å²) in [5, 5.41) is -0.505. The van der Waals surface area contributed by atoms with E-state index in [0.717, 1.165) is 25.3 Å². The largest absolute Gasteiger partial charge is 0.468 e. The van der Waals surface area contributed by atoms with Crippen molar-refractivity contribution in [1.29, 1.82) is 0 Å². The summed E-state index contributed by atoms with van der Waals surface area (Å²) in [6, 6.07) is 1.72. The van der Waals surface area contributed by atoms with Crippen molar-refractivity contribution in [2.75, 3.05) is 7.11 Å². The first-order chi connectivity index (χ1) is 7.77. The van der Waals surface area contributed by atoms with Crippen molar-refractivity contribution in [3.63, 3.8) is 0 Å². The predicted octanol–water partition coefficient (Wildman–Crippen LogP) is 2.53. The monoisotopic (exact) mass is 267 g/mol. The van der Waals surface area contributed by atoms with Gasteiger partial charge in [0.05, 0.1) is 17.7 Å². The van der Waals surface area contributed by atoms with E-state index < -0.39 is 28.8 Å². The molecule has 3 nitrogen and oxygen atoms in total. The Morgan fingerprint density at radius 2 is 2.06 bits per heavy atom. The van der Waals surface area contributed by atoms with Gasteiger partial charge in [0, 0.05) is 0 Å². The smallest absolute Gasteiger partial charge is 0.417 e. The summed E-state index contributed by atoms with van der Waals surface area (Å²) in [6.45, 7) is 0. The highest BCUT2D eigenvalue weighted by Gasteiger charge is 2.33. The minimum atomic E-state index is -4.54. The number of ether oxygens (including phenoxy) is 1. The Morgan fingerprint density at radius 1 is 1.47 bits per heavy atom. The molecule has 0 aromatic heterocycles. The first-order valence-corrected chi connectivity index (χ1v) is 4.85. The average Bonchev–Trinajstić information content (AvgIpc) is 2.25. The fourth-order valence-electron chi connectivity index (χ4n) is 1.22. The summed E-state index contributed by atoms with van der Waals surface area (Å²) in [6.07, 6.45) is -4.54. The van der Waals surface area contributed by atoms with Crippen LogP contribution in [0, 0.1) is 0 Å². The number of nitrogens with two attached hydrogens (primary N) is 1. The lowest BCUT2D eigenvalue weighted by Gasteiger charge is -2.13. The average molecular weight is 268 g/mol. The Hall–Kier alpha value is -1.27. The Morgan fingerprint density at radius 3 is 2.47 bits per heavy atom. The van der Waals surface area contributed by atoms with Crippen LogP contribution >= 0.6 is 11.6 Å². The third-order valence-corrected chi connectivity index (χ3v) is 2.43. The van der Waals surface area contributed by atoms with E-state index in [4.69, 9.17) is 17.3 Å². The zero-order valence-corrected chi connectivity index (χ0v) is 9.47. The molecule has 0 bridgehead atoms. The van der Waals surface area contributed by atoms with Gasteiger partial charge in [-0.2, -0.15) is 13.2 Å². The van der Waals surface area contributed by atoms with E-state index in [1.54, 1.807) is 0 Å². The lowest BCUT2D eigenvalue weighted by atomic mass is 10.1. The fourth-order valence-corrected chi connectivity index (χ4v) is 1.51. The van der Waals surface area contributed by atoms with Crippen LogP contribution in [-0.4, -0.2) is 13.1 Å². The van der Waals surface area contributed by atoms with Crippen LogP contribution in [-0.2, 0) is 15.7 Å². The van der Waals surface area contributed by atoms with Crippen LogP contribution in [0.15, 0.2) is 18.2 Å². The molecule has 0 saturated carbocycles. The maximum absolute atomic E-state index is 12.4. The molecule has 17 heavy (non-hydrogen) atoms. The van der Waals surface area contributed by atoms with Gasteiger partial charge in [-0.3, -0.25) is 4.79 Å². The Balaban J connectivity index is 3.09. The number of methoxy groups -OCH3 is 1. The van der Waals surface area contributed by atoms with E-state index in [-0.39, 0.29) is 5.56 Å². The number of carbonyl (C=O) groups is 1. The van der Waals surface area contributed by atoms with Crippen LogP contribution < -0.4 is 5.73 Å². The number of rotatable bonds is 2. The minimum Gasteiger partial charge on any atom is -0.468 e. The van der Waals surface area contributed by atoms with Crippen molar-refractivity contribution in [3.8, 4) is 0 Å². The number of benzene rings is 1. The molecular weight excluding hydrogens is 259 g/mol. The van der Waals surface area contributed by atoms with Crippen molar-refractivity contribution in [2.45, 2.75) is 12.2 Å². The first kappa shape index (κ1) is 13.8. The van der Waals surface area contributed by atoms with Gasteiger partial charge >= 0.3 is 12.1 Å². The topological polar surface area (TPSA) is 52.3 Å².